The van der Waals surface area contributed by atoms with Crippen molar-refractivity contribution in [1.82, 2.24) is 5.32 Å². The van der Waals surface area contributed by atoms with Crippen LogP contribution in [0.25, 0.3) is 5.53 Å². The molecular formula is C15H17N3O5. The monoisotopic (exact) mass is 319 g/mol. The lowest BCUT2D eigenvalue weighted by molar-refractivity contribution is -0.144. The van der Waals surface area contributed by atoms with Gasteiger partial charge in [-0.05, 0) is 12.0 Å². The Kier molecular flexibility index (Phi) is 7.32. The predicted molar refractivity (Wildman–Crippen MR) is 79.7 cm³/mol. The predicted octanol–water partition coefficient (Wildman–Crippen LogP) is 0.593. The summed E-state index contributed by atoms with van der Waals surface area (Å²) in [5, 5.41) is 11.5. The van der Waals surface area contributed by atoms with E-state index in [4.69, 9.17) is 15.4 Å². The van der Waals surface area contributed by atoms with Gasteiger partial charge < -0.3 is 20.7 Å². The molecule has 0 aromatic heterocycles. The van der Waals surface area contributed by atoms with E-state index in [-0.39, 0.29) is 12.8 Å². The van der Waals surface area contributed by atoms with Crippen LogP contribution in [0.4, 0.5) is 0 Å². The first kappa shape index (κ1) is 18.2. The van der Waals surface area contributed by atoms with Crippen LogP contribution < -0.4 is 5.32 Å². The van der Waals surface area contributed by atoms with E-state index in [1.807, 2.05) is 0 Å². The molecule has 0 fully saturated rings. The van der Waals surface area contributed by atoms with E-state index in [1.54, 1.807) is 30.3 Å². The first-order chi connectivity index (χ1) is 11.0. The van der Waals surface area contributed by atoms with Gasteiger partial charge in [0.05, 0.1) is 0 Å². The Morgan fingerprint density at radius 3 is 2.52 bits per heavy atom. The topological polar surface area (TPSA) is 129 Å². The molecule has 0 aliphatic heterocycles. The van der Waals surface area contributed by atoms with Gasteiger partial charge in [0.1, 0.15) is 6.04 Å². The molecule has 0 aliphatic carbocycles. The van der Waals surface area contributed by atoms with E-state index in [0.29, 0.717) is 11.8 Å². The van der Waals surface area contributed by atoms with Crippen molar-refractivity contribution in [3.63, 3.8) is 0 Å². The maximum atomic E-state index is 12.2. The molecule has 8 heteroatoms. The van der Waals surface area contributed by atoms with Gasteiger partial charge in [-0.1, -0.05) is 30.3 Å². The summed E-state index contributed by atoms with van der Waals surface area (Å²) >= 11 is 0. The van der Waals surface area contributed by atoms with Crippen molar-refractivity contribution < 1.29 is 29.0 Å². The van der Waals surface area contributed by atoms with Gasteiger partial charge in [-0.3, -0.25) is 9.59 Å². The summed E-state index contributed by atoms with van der Waals surface area (Å²) in [4.78, 5) is 37.2. The molecule has 0 radical (unpaired) electrons. The molecule has 0 aliphatic rings. The van der Waals surface area contributed by atoms with Crippen LogP contribution in [0.3, 0.4) is 0 Å². The summed E-state index contributed by atoms with van der Waals surface area (Å²) in [5.41, 5.74) is 8.82. The second-order valence-electron chi connectivity index (χ2n) is 4.68. The van der Waals surface area contributed by atoms with Crippen molar-refractivity contribution in [3.05, 3.63) is 41.4 Å². The van der Waals surface area contributed by atoms with Gasteiger partial charge in [-0.2, -0.15) is 4.79 Å². The van der Waals surface area contributed by atoms with Crippen LogP contribution in [0.1, 0.15) is 24.5 Å². The Balaban J connectivity index is 2.74. The van der Waals surface area contributed by atoms with Crippen LogP contribution in [-0.2, 0) is 19.1 Å². The van der Waals surface area contributed by atoms with Gasteiger partial charge in [0.15, 0.2) is 6.10 Å². The Labute approximate surface area is 132 Å². The summed E-state index contributed by atoms with van der Waals surface area (Å²) in [5.74, 6) is -2.43. The highest BCUT2D eigenvalue weighted by Gasteiger charge is 2.26. The molecule has 8 nitrogen and oxygen atoms in total. The molecule has 1 aromatic rings. The van der Waals surface area contributed by atoms with Crippen LogP contribution in [0.2, 0.25) is 0 Å². The third kappa shape index (κ3) is 5.82. The van der Waals surface area contributed by atoms with Crippen molar-refractivity contribution in [2.45, 2.75) is 25.0 Å². The molecule has 2 unspecified atom stereocenters. The number of benzene rings is 1. The second kappa shape index (κ2) is 9.24. The minimum atomic E-state index is -1.27. The fourth-order valence-electron chi connectivity index (χ4n) is 1.94. The van der Waals surface area contributed by atoms with Crippen LogP contribution in [0, 0.1) is 0 Å². The van der Waals surface area contributed by atoms with Crippen LogP contribution in [0.5, 0.6) is 0 Å². The molecular weight excluding hydrogens is 302 g/mol. The molecule has 2 atom stereocenters. The lowest BCUT2D eigenvalue weighted by Crippen LogP contribution is -2.43. The zero-order valence-corrected chi connectivity index (χ0v) is 12.5. The van der Waals surface area contributed by atoms with Gasteiger partial charge in [-0.25, -0.2) is 4.79 Å². The highest BCUT2D eigenvalue weighted by molar-refractivity contribution is 6.25. The maximum Gasteiger partial charge on any atom is 0.326 e. The third-order valence-corrected chi connectivity index (χ3v) is 3.07. The minimum Gasteiger partial charge on any atom is -0.480 e. The number of rotatable bonds is 9. The maximum absolute atomic E-state index is 12.2. The zero-order valence-electron chi connectivity index (χ0n) is 12.5. The number of nitrogens with zero attached hydrogens (tertiary/aromatic N) is 2. The summed E-state index contributed by atoms with van der Waals surface area (Å²) in [6.45, 7) is 0. The first-order valence-corrected chi connectivity index (χ1v) is 6.80. The smallest absolute Gasteiger partial charge is 0.326 e. The number of carbonyl (C=O) groups is 3. The SMILES string of the molecule is COC(C(=O)NC(CCC(=O)C=[N+]=[N-])C(=O)O)c1ccccc1. The highest BCUT2D eigenvalue weighted by Crippen LogP contribution is 2.16. The fourth-order valence-corrected chi connectivity index (χ4v) is 1.94. The number of aliphatic carboxylic acids is 1. The van der Waals surface area contributed by atoms with E-state index in [1.165, 1.54) is 7.11 Å². The van der Waals surface area contributed by atoms with Gasteiger partial charge in [0.25, 0.3) is 5.91 Å². The van der Waals surface area contributed by atoms with Gasteiger partial charge in [0, 0.05) is 13.5 Å². The van der Waals surface area contributed by atoms with Crippen LogP contribution in [-0.4, -0.2) is 46.9 Å². The second-order valence-corrected chi connectivity index (χ2v) is 4.68. The standard InChI is InChI=1S/C15H17N3O5/c1-23-13(10-5-3-2-4-6-10)14(20)18-12(15(21)22)8-7-11(19)9-17-16/h2-6,9,12-13H,7-8H2,1H3,(H,18,20)(H,21,22). The number of nitrogens with one attached hydrogen (secondary N) is 1. The molecule has 0 saturated carbocycles. The van der Waals surface area contributed by atoms with Gasteiger partial charge >= 0.3 is 12.2 Å². The van der Waals surface area contributed by atoms with E-state index in [9.17, 15) is 14.4 Å². The van der Waals surface area contributed by atoms with E-state index in [2.05, 4.69) is 10.1 Å². The van der Waals surface area contributed by atoms with Crippen LogP contribution >= 0.6 is 0 Å². The molecule has 0 bridgehead atoms. The zero-order chi connectivity index (χ0) is 17.2. The number of Topliss-reactive ketones (excluding diaryl/α,β-unsaturated/α-hetero) is 1. The number of carboxylic acid groups (broad SMARTS) is 1. The molecule has 1 rings (SSSR count). The Morgan fingerprint density at radius 1 is 1.35 bits per heavy atom. The number of carbonyl (C=O) groups excluding carboxylic acids is 2. The number of hydrogen-bond donors (Lipinski definition) is 2. The largest absolute Gasteiger partial charge is 0.480 e. The average molecular weight is 319 g/mol. The van der Waals surface area contributed by atoms with Crippen molar-refractivity contribution in [3.8, 4) is 0 Å². The van der Waals surface area contributed by atoms with Crippen molar-refractivity contribution in [1.29, 1.82) is 0 Å². The van der Waals surface area contributed by atoms with E-state index in [0.717, 1.165) is 0 Å². The number of ketones is 1. The lowest BCUT2D eigenvalue weighted by atomic mass is 10.1. The highest BCUT2D eigenvalue weighted by atomic mass is 16.5. The van der Waals surface area contributed by atoms with Crippen molar-refractivity contribution >= 4 is 23.9 Å². The number of methoxy groups -OCH3 is 1. The van der Waals surface area contributed by atoms with Gasteiger partial charge in [-0.15, -0.1) is 0 Å². The summed E-state index contributed by atoms with van der Waals surface area (Å²) < 4.78 is 5.12. The molecule has 0 saturated heterocycles. The normalized spacial score (nSPS) is 12.6. The average Bonchev–Trinajstić information content (AvgIpc) is 2.53. The lowest BCUT2D eigenvalue weighted by Gasteiger charge is -2.19. The van der Waals surface area contributed by atoms with Crippen molar-refractivity contribution in [2.75, 3.05) is 7.11 Å². The summed E-state index contributed by atoms with van der Waals surface area (Å²) in [6.07, 6.45) is -0.572. The first-order valence-electron chi connectivity index (χ1n) is 6.80. The van der Waals surface area contributed by atoms with Crippen molar-refractivity contribution in [2.24, 2.45) is 0 Å². The molecule has 0 spiro atoms. The summed E-state index contributed by atoms with van der Waals surface area (Å²) in [7, 11) is 1.34. The van der Waals surface area contributed by atoms with E-state index < -0.39 is 29.8 Å². The molecule has 2 N–H and O–H groups in total. The molecule has 23 heavy (non-hydrogen) atoms. The fraction of sp³-hybridized carbons (Fsp3) is 0.333. The number of amides is 1. The Morgan fingerprint density at radius 2 is 2.00 bits per heavy atom. The molecule has 0 heterocycles. The third-order valence-electron chi connectivity index (χ3n) is 3.07. The van der Waals surface area contributed by atoms with E-state index >= 15 is 0 Å². The number of carboxylic acids is 1. The molecule has 1 aromatic carbocycles. The Bertz CT molecular complexity index is 611. The number of ether oxygens (including phenoxy) is 1. The van der Waals surface area contributed by atoms with Gasteiger partial charge in [0.2, 0.25) is 5.78 Å². The quantitative estimate of drug-likeness (QED) is 0.391. The minimum absolute atomic E-state index is 0.128. The molecule has 122 valence electrons. The Hall–Kier alpha value is -2.83. The molecule has 1 amide bonds. The summed E-state index contributed by atoms with van der Waals surface area (Å²) in [6, 6.07) is 7.37. The number of hydrogen-bond acceptors (Lipinski definition) is 4. The van der Waals surface area contributed by atoms with Crippen LogP contribution in [0.15, 0.2) is 30.3 Å².